The maximum atomic E-state index is 11.9. The lowest BCUT2D eigenvalue weighted by Crippen LogP contribution is -2.31. The maximum Gasteiger partial charge on any atom is 0.389 e. The molecule has 0 fully saturated rings. The van der Waals surface area contributed by atoms with Gasteiger partial charge in [0.1, 0.15) is 0 Å². The van der Waals surface area contributed by atoms with Crippen LogP contribution in [0.2, 0.25) is 0 Å². The molecule has 0 rings (SSSR count). The minimum absolute atomic E-state index is 0.0984. The van der Waals surface area contributed by atoms with Crippen molar-refractivity contribution in [1.29, 1.82) is 0 Å². The van der Waals surface area contributed by atoms with Crippen molar-refractivity contribution in [3.63, 3.8) is 0 Å². The van der Waals surface area contributed by atoms with E-state index in [9.17, 15) is 22.8 Å². The molecule has 0 heterocycles. The Hall–Kier alpha value is -1.27. The molecule has 0 aliphatic rings. The number of carbonyl (C=O) groups excluding carboxylic acids is 1. The first-order chi connectivity index (χ1) is 8.60. The van der Waals surface area contributed by atoms with Crippen molar-refractivity contribution >= 4 is 11.9 Å². The normalized spacial score (nSPS) is 13.4. The SMILES string of the molecule is CC(C)CC(CNC(=O)CCC(F)(F)F)CC(=O)O. The fourth-order valence-corrected chi connectivity index (χ4v) is 1.75. The van der Waals surface area contributed by atoms with Crippen molar-refractivity contribution in [2.75, 3.05) is 6.54 Å². The minimum Gasteiger partial charge on any atom is -0.481 e. The van der Waals surface area contributed by atoms with Gasteiger partial charge in [-0.05, 0) is 18.3 Å². The average Bonchev–Trinajstić information content (AvgIpc) is 2.20. The summed E-state index contributed by atoms with van der Waals surface area (Å²) in [7, 11) is 0. The molecule has 4 nitrogen and oxygen atoms in total. The second-order valence-electron chi connectivity index (χ2n) is 5.01. The van der Waals surface area contributed by atoms with Crippen LogP contribution in [0.3, 0.4) is 0 Å². The van der Waals surface area contributed by atoms with Gasteiger partial charge in [-0.2, -0.15) is 13.2 Å². The summed E-state index contributed by atoms with van der Waals surface area (Å²) < 4.78 is 35.7. The van der Waals surface area contributed by atoms with Crippen LogP contribution in [0.15, 0.2) is 0 Å². The van der Waals surface area contributed by atoms with Gasteiger partial charge in [-0.3, -0.25) is 9.59 Å². The zero-order chi connectivity index (χ0) is 15.1. The number of carboxylic acids is 1. The van der Waals surface area contributed by atoms with Crippen molar-refractivity contribution < 1.29 is 27.9 Å². The predicted molar refractivity (Wildman–Crippen MR) is 63.5 cm³/mol. The van der Waals surface area contributed by atoms with Gasteiger partial charge in [0, 0.05) is 19.4 Å². The summed E-state index contributed by atoms with van der Waals surface area (Å²) in [5.41, 5.74) is 0. The molecule has 0 saturated carbocycles. The van der Waals surface area contributed by atoms with Crippen LogP contribution in [0.5, 0.6) is 0 Å². The van der Waals surface area contributed by atoms with Crippen molar-refractivity contribution in [2.45, 2.75) is 45.7 Å². The van der Waals surface area contributed by atoms with Crippen LogP contribution in [-0.4, -0.2) is 29.7 Å². The molecule has 0 aromatic rings. The number of hydrogen-bond donors (Lipinski definition) is 2. The van der Waals surface area contributed by atoms with Crippen molar-refractivity contribution in [1.82, 2.24) is 5.32 Å². The molecule has 0 aromatic carbocycles. The third kappa shape index (κ3) is 11.5. The standard InChI is InChI=1S/C12H20F3NO3/c1-8(2)5-9(6-11(18)19)7-16-10(17)3-4-12(13,14)15/h8-9H,3-7H2,1-2H3,(H,16,17)(H,18,19). The average molecular weight is 283 g/mol. The molecule has 0 bridgehead atoms. The van der Waals surface area contributed by atoms with E-state index in [-0.39, 0.29) is 24.8 Å². The summed E-state index contributed by atoms with van der Waals surface area (Å²) in [5, 5.41) is 11.1. The molecule has 1 amide bonds. The largest absolute Gasteiger partial charge is 0.481 e. The molecular weight excluding hydrogens is 263 g/mol. The molecule has 2 N–H and O–H groups in total. The Morgan fingerprint density at radius 2 is 1.84 bits per heavy atom. The van der Waals surface area contributed by atoms with Gasteiger partial charge in [-0.25, -0.2) is 0 Å². The maximum absolute atomic E-state index is 11.9. The number of carbonyl (C=O) groups is 2. The quantitative estimate of drug-likeness (QED) is 0.719. The summed E-state index contributed by atoms with van der Waals surface area (Å²) in [6.07, 6.45) is -5.63. The second-order valence-corrected chi connectivity index (χ2v) is 5.01. The number of hydrogen-bond acceptors (Lipinski definition) is 2. The van der Waals surface area contributed by atoms with Crippen LogP contribution < -0.4 is 5.32 Å². The minimum atomic E-state index is -4.35. The molecule has 112 valence electrons. The monoisotopic (exact) mass is 283 g/mol. The molecule has 0 aromatic heterocycles. The summed E-state index contributed by atoms with van der Waals surface area (Å²) in [6.45, 7) is 3.93. The Morgan fingerprint density at radius 1 is 1.26 bits per heavy atom. The van der Waals surface area contributed by atoms with Gasteiger partial charge in [0.25, 0.3) is 0 Å². The predicted octanol–water partition coefficient (Wildman–Crippen LogP) is 2.58. The molecule has 19 heavy (non-hydrogen) atoms. The fraction of sp³-hybridized carbons (Fsp3) is 0.833. The highest BCUT2D eigenvalue weighted by Crippen LogP contribution is 2.21. The van der Waals surface area contributed by atoms with E-state index in [1.165, 1.54) is 0 Å². The van der Waals surface area contributed by atoms with E-state index in [1.54, 1.807) is 0 Å². The third-order valence-electron chi connectivity index (χ3n) is 2.49. The lowest BCUT2D eigenvalue weighted by molar-refractivity contribution is -0.144. The van der Waals surface area contributed by atoms with Gasteiger partial charge in [0.05, 0.1) is 6.42 Å². The van der Waals surface area contributed by atoms with E-state index in [0.717, 1.165) is 0 Å². The lowest BCUT2D eigenvalue weighted by atomic mass is 9.94. The van der Waals surface area contributed by atoms with E-state index < -0.39 is 30.9 Å². The van der Waals surface area contributed by atoms with Crippen LogP contribution in [0.1, 0.15) is 39.5 Å². The van der Waals surface area contributed by atoms with Crippen LogP contribution in [0.25, 0.3) is 0 Å². The number of amides is 1. The molecule has 0 spiro atoms. The van der Waals surface area contributed by atoms with Crippen LogP contribution in [-0.2, 0) is 9.59 Å². The number of carboxylic acid groups (broad SMARTS) is 1. The number of rotatable bonds is 8. The first-order valence-electron chi connectivity index (χ1n) is 6.15. The molecule has 0 saturated heterocycles. The van der Waals surface area contributed by atoms with E-state index in [2.05, 4.69) is 5.32 Å². The Kier molecular flexibility index (Phi) is 7.48. The fourth-order valence-electron chi connectivity index (χ4n) is 1.75. The van der Waals surface area contributed by atoms with Gasteiger partial charge in [0.2, 0.25) is 5.91 Å². The Bertz CT molecular complexity index is 303. The summed E-state index contributed by atoms with van der Waals surface area (Å²) in [4.78, 5) is 21.8. The molecule has 7 heteroatoms. The van der Waals surface area contributed by atoms with Crippen LogP contribution in [0.4, 0.5) is 13.2 Å². The Balaban J connectivity index is 4.08. The summed E-state index contributed by atoms with van der Waals surface area (Å²) >= 11 is 0. The highest BCUT2D eigenvalue weighted by Gasteiger charge is 2.28. The molecule has 0 aliphatic heterocycles. The van der Waals surface area contributed by atoms with Crippen molar-refractivity contribution in [2.24, 2.45) is 11.8 Å². The Morgan fingerprint density at radius 3 is 2.26 bits per heavy atom. The first kappa shape index (κ1) is 17.7. The number of aliphatic carboxylic acids is 1. The molecule has 1 atom stereocenters. The molecule has 0 aliphatic carbocycles. The van der Waals surface area contributed by atoms with Gasteiger partial charge >= 0.3 is 12.1 Å². The van der Waals surface area contributed by atoms with Crippen LogP contribution >= 0.6 is 0 Å². The van der Waals surface area contributed by atoms with Gasteiger partial charge in [-0.1, -0.05) is 13.8 Å². The lowest BCUT2D eigenvalue weighted by Gasteiger charge is -2.17. The van der Waals surface area contributed by atoms with E-state index in [1.807, 2.05) is 13.8 Å². The summed E-state index contributed by atoms with van der Waals surface area (Å²) in [5.74, 6) is -1.67. The zero-order valence-corrected chi connectivity index (χ0v) is 11.1. The van der Waals surface area contributed by atoms with Crippen molar-refractivity contribution in [3.05, 3.63) is 0 Å². The highest BCUT2D eigenvalue weighted by atomic mass is 19.4. The van der Waals surface area contributed by atoms with E-state index >= 15 is 0 Å². The van der Waals surface area contributed by atoms with Gasteiger partial charge < -0.3 is 10.4 Å². The van der Waals surface area contributed by atoms with Crippen LogP contribution in [0, 0.1) is 11.8 Å². The number of alkyl halides is 3. The first-order valence-corrected chi connectivity index (χ1v) is 6.15. The topological polar surface area (TPSA) is 66.4 Å². The molecule has 0 radical (unpaired) electrons. The Labute approximate surface area is 110 Å². The smallest absolute Gasteiger partial charge is 0.389 e. The third-order valence-corrected chi connectivity index (χ3v) is 2.49. The number of halogens is 3. The van der Waals surface area contributed by atoms with E-state index in [4.69, 9.17) is 5.11 Å². The second kappa shape index (κ2) is 8.01. The van der Waals surface area contributed by atoms with E-state index in [0.29, 0.717) is 6.42 Å². The molecular formula is C12H20F3NO3. The van der Waals surface area contributed by atoms with Crippen molar-refractivity contribution in [3.8, 4) is 0 Å². The molecule has 1 unspecified atom stereocenters. The van der Waals surface area contributed by atoms with Gasteiger partial charge in [0.15, 0.2) is 0 Å². The number of nitrogens with one attached hydrogen (secondary N) is 1. The summed E-state index contributed by atoms with van der Waals surface area (Å²) in [6, 6.07) is 0. The zero-order valence-electron chi connectivity index (χ0n) is 11.1. The van der Waals surface area contributed by atoms with Gasteiger partial charge in [-0.15, -0.1) is 0 Å². The highest BCUT2D eigenvalue weighted by molar-refractivity contribution is 5.76.